The van der Waals surface area contributed by atoms with Crippen LogP contribution in [0.3, 0.4) is 0 Å². The van der Waals surface area contributed by atoms with Crippen molar-refractivity contribution in [2.24, 2.45) is 0 Å². The van der Waals surface area contributed by atoms with E-state index in [9.17, 15) is 4.79 Å². The van der Waals surface area contributed by atoms with E-state index >= 15 is 0 Å². The molecule has 30 heavy (non-hydrogen) atoms. The van der Waals surface area contributed by atoms with Crippen molar-refractivity contribution in [2.45, 2.75) is 13.1 Å². The zero-order chi connectivity index (χ0) is 20.1. The molecule has 0 radical (unpaired) electrons. The fourth-order valence-electron chi connectivity index (χ4n) is 3.73. The molecule has 0 spiro atoms. The molecule has 0 unspecified atom stereocenters. The summed E-state index contributed by atoms with van der Waals surface area (Å²) >= 11 is 0. The first-order valence-electron chi connectivity index (χ1n) is 9.47. The van der Waals surface area contributed by atoms with Crippen molar-refractivity contribution in [3.05, 3.63) is 89.3 Å². The van der Waals surface area contributed by atoms with Crippen LogP contribution in [0, 0.1) is 0 Å². The number of hydrogen-bond acceptors (Lipinski definition) is 6. The summed E-state index contributed by atoms with van der Waals surface area (Å²) in [5.74, 6) is 1.42. The van der Waals surface area contributed by atoms with Crippen LogP contribution in [0.2, 0.25) is 0 Å². The molecule has 6 rings (SSSR count). The molecule has 0 aliphatic carbocycles. The largest absolute Gasteiger partial charge is 0.467 e. The van der Waals surface area contributed by atoms with E-state index in [2.05, 4.69) is 4.98 Å². The standard InChI is InChI=1S/C22H15N5O3/c28-22-18-19-21(25-17-8-2-1-7-16(17)24-19)27(12-15-6-4-10-30-15)20(18)23-13-26(22)11-14-5-3-9-29-14/h1-10,13H,11-12H2. The Bertz CT molecular complexity index is 1560. The molecule has 5 heterocycles. The van der Waals surface area contributed by atoms with Crippen LogP contribution < -0.4 is 5.56 Å². The number of hydrogen-bond donors (Lipinski definition) is 0. The first kappa shape index (κ1) is 16.7. The average molecular weight is 397 g/mol. The number of nitrogens with zero attached hydrogens (tertiary/aromatic N) is 5. The quantitative estimate of drug-likeness (QED) is 0.452. The van der Waals surface area contributed by atoms with Gasteiger partial charge in [-0.3, -0.25) is 9.36 Å². The summed E-state index contributed by atoms with van der Waals surface area (Å²) in [5.41, 5.74) is 2.94. The fourth-order valence-corrected chi connectivity index (χ4v) is 3.73. The van der Waals surface area contributed by atoms with Gasteiger partial charge in [-0.25, -0.2) is 15.0 Å². The minimum Gasteiger partial charge on any atom is -0.467 e. The van der Waals surface area contributed by atoms with Gasteiger partial charge in [-0.1, -0.05) is 12.1 Å². The lowest BCUT2D eigenvalue weighted by molar-refractivity contribution is 0.488. The van der Waals surface area contributed by atoms with E-state index in [0.29, 0.717) is 41.0 Å². The van der Waals surface area contributed by atoms with Crippen LogP contribution in [0.25, 0.3) is 33.2 Å². The number of furan rings is 2. The summed E-state index contributed by atoms with van der Waals surface area (Å²) in [5, 5.41) is 0.434. The lowest BCUT2D eigenvalue weighted by Crippen LogP contribution is -2.21. The predicted molar refractivity (Wildman–Crippen MR) is 110 cm³/mol. The van der Waals surface area contributed by atoms with Crippen molar-refractivity contribution in [1.29, 1.82) is 0 Å². The predicted octanol–water partition coefficient (Wildman–Crippen LogP) is 3.58. The Morgan fingerprint density at radius 1 is 0.800 bits per heavy atom. The minimum atomic E-state index is -0.191. The molecule has 0 saturated carbocycles. The van der Waals surface area contributed by atoms with Crippen molar-refractivity contribution in [3.8, 4) is 0 Å². The highest BCUT2D eigenvalue weighted by atomic mass is 16.3. The van der Waals surface area contributed by atoms with E-state index in [0.717, 1.165) is 16.8 Å². The van der Waals surface area contributed by atoms with Crippen LogP contribution >= 0.6 is 0 Å². The lowest BCUT2D eigenvalue weighted by atomic mass is 10.3. The van der Waals surface area contributed by atoms with Gasteiger partial charge in [0.1, 0.15) is 28.8 Å². The highest BCUT2D eigenvalue weighted by Crippen LogP contribution is 2.26. The van der Waals surface area contributed by atoms with E-state index in [4.69, 9.17) is 18.8 Å². The Kier molecular flexibility index (Phi) is 3.58. The highest BCUT2D eigenvalue weighted by Gasteiger charge is 2.20. The van der Waals surface area contributed by atoms with Gasteiger partial charge < -0.3 is 13.4 Å². The lowest BCUT2D eigenvalue weighted by Gasteiger charge is -2.05. The van der Waals surface area contributed by atoms with Gasteiger partial charge >= 0.3 is 0 Å². The van der Waals surface area contributed by atoms with Crippen molar-refractivity contribution in [3.63, 3.8) is 0 Å². The summed E-state index contributed by atoms with van der Waals surface area (Å²) < 4.78 is 14.3. The number of rotatable bonds is 4. The highest BCUT2D eigenvalue weighted by molar-refractivity contribution is 6.04. The molecule has 0 fully saturated rings. The van der Waals surface area contributed by atoms with E-state index in [1.807, 2.05) is 47.0 Å². The Morgan fingerprint density at radius 3 is 2.20 bits per heavy atom. The van der Waals surface area contributed by atoms with Crippen LogP contribution in [-0.4, -0.2) is 24.1 Å². The summed E-state index contributed by atoms with van der Waals surface area (Å²) in [4.78, 5) is 27.5. The van der Waals surface area contributed by atoms with Crippen LogP contribution in [0.15, 0.2) is 81.0 Å². The van der Waals surface area contributed by atoms with E-state index in [-0.39, 0.29) is 5.56 Å². The summed E-state index contributed by atoms with van der Waals surface area (Å²) in [6, 6.07) is 14.9. The molecular formula is C22H15N5O3. The Hall–Kier alpha value is -4.20. The zero-order valence-electron chi connectivity index (χ0n) is 15.7. The molecule has 0 bridgehead atoms. The van der Waals surface area contributed by atoms with Gasteiger partial charge in [-0.15, -0.1) is 0 Å². The fraction of sp³-hybridized carbons (Fsp3) is 0.0909. The summed E-state index contributed by atoms with van der Waals surface area (Å²) in [6.45, 7) is 0.690. The van der Waals surface area contributed by atoms with Gasteiger partial charge in [-0.05, 0) is 36.4 Å². The second-order valence-electron chi connectivity index (χ2n) is 7.01. The van der Waals surface area contributed by atoms with Crippen LogP contribution in [0.1, 0.15) is 11.5 Å². The molecule has 5 aromatic heterocycles. The maximum Gasteiger partial charge on any atom is 0.265 e. The molecule has 8 heteroatoms. The second-order valence-corrected chi connectivity index (χ2v) is 7.01. The second kappa shape index (κ2) is 6.41. The molecule has 0 amide bonds. The van der Waals surface area contributed by atoms with E-state index < -0.39 is 0 Å². The third-order valence-electron chi connectivity index (χ3n) is 5.12. The summed E-state index contributed by atoms with van der Waals surface area (Å²) in [6.07, 6.45) is 4.73. The van der Waals surface area contributed by atoms with Crippen LogP contribution in [-0.2, 0) is 13.1 Å². The van der Waals surface area contributed by atoms with Gasteiger partial charge in [-0.2, -0.15) is 0 Å². The van der Waals surface area contributed by atoms with Crippen molar-refractivity contribution >= 4 is 33.2 Å². The molecule has 146 valence electrons. The first-order valence-corrected chi connectivity index (χ1v) is 9.47. The molecule has 0 saturated heterocycles. The maximum atomic E-state index is 13.4. The molecule has 0 aliphatic rings. The van der Waals surface area contributed by atoms with Gasteiger partial charge in [0.05, 0.1) is 36.6 Å². The number of fused-ring (bicyclic) bond motifs is 4. The third kappa shape index (κ3) is 2.54. The zero-order valence-corrected chi connectivity index (χ0v) is 15.7. The molecular weight excluding hydrogens is 382 g/mol. The molecule has 8 nitrogen and oxygen atoms in total. The Morgan fingerprint density at radius 2 is 1.50 bits per heavy atom. The number of benzene rings is 1. The average Bonchev–Trinajstić information content (AvgIpc) is 3.51. The molecule has 1 aromatic carbocycles. The molecule has 0 aliphatic heterocycles. The molecule has 0 atom stereocenters. The normalized spacial score (nSPS) is 11.7. The van der Waals surface area contributed by atoms with Gasteiger partial charge in [0.25, 0.3) is 5.56 Å². The molecule has 6 aromatic rings. The van der Waals surface area contributed by atoms with E-state index in [1.54, 1.807) is 18.6 Å². The van der Waals surface area contributed by atoms with E-state index in [1.165, 1.54) is 10.9 Å². The monoisotopic (exact) mass is 397 g/mol. The van der Waals surface area contributed by atoms with Crippen molar-refractivity contribution in [1.82, 2.24) is 24.1 Å². The third-order valence-corrected chi connectivity index (χ3v) is 5.12. The SMILES string of the molecule is O=c1c2c3nc4ccccc4nc3n(Cc3ccco3)c2ncn1Cc1ccco1. The Balaban J connectivity index is 1.67. The van der Waals surface area contributed by atoms with Gasteiger partial charge in [0, 0.05) is 0 Å². The maximum absolute atomic E-state index is 13.4. The first-order chi connectivity index (χ1) is 14.8. The topological polar surface area (TPSA) is 91.9 Å². The van der Waals surface area contributed by atoms with Crippen LogP contribution in [0.4, 0.5) is 0 Å². The number of para-hydroxylation sites is 2. The van der Waals surface area contributed by atoms with Crippen molar-refractivity contribution < 1.29 is 8.83 Å². The van der Waals surface area contributed by atoms with Gasteiger partial charge in [0.2, 0.25) is 0 Å². The smallest absolute Gasteiger partial charge is 0.265 e. The summed E-state index contributed by atoms with van der Waals surface area (Å²) in [7, 11) is 0. The molecule has 0 N–H and O–H groups in total. The Labute approximate surface area is 169 Å². The number of aromatic nitrogens is 5. The minimum absolute atomic E-state index is 0.191. The van der Waals surface area contributed by atoms with Crippen LogP contribution in [0.5, 0.6) is 0 Å². The van der Waals surface area contributed by atoms with Gasteiger partial charge in [0.15, 0.2) is 11.3 Å². The van der Waals surface area contributed by atoms with Crippen molar-refractivity contribution in [2.75, 3.05) is 0 Å².